The Morgan fingerprint density at radius 1 is 1.22 bits per heavy atom. The zero-order valence-electron chi connectivity index (χ0n) is 15.6. The Morgan fingerprint density at radius 3 is 2.78 bits per heavy atom. The molecule has 1 saturated carbocycles. The van der Waals surface area contributed by atoms with Crippen LogP contribution in [0.3, 0.4) is 0 Å². The van der Waals surface area contributed by atoms with Gasteiger partial charge >= 0.3 is 0 Å². The largest absolute Gasteiger partial charge is 0.391 e. The third kappa shape index (κ3) is 3.87. The normalized spacial score (nSPS) is 24.2. The number of amides is 1. The lowest BCUT2D eigenvalue weighted by Crippen LogP contribution is -2.45. The van der Waals surface area contributed by atoms with Crippen molar-refractivity contribution in [2.24, 2.45) is 5.92 Å². The highest BCUT2D eigenvalue weighted by molar-refractivity contribution is 6.07. The van der Waals surface area contributed by atoms with Crippen LogP contribution in [0.15, 0.2) is 24.4 Å². The minimum atomic E-state index is -0.518. The molecule has 2 aromatic rings. The summed E-state index contributed by atoms with van der Waals surface area (Å²) in [7, 11) is 0. The first-order valence-electron chi connectivity index (χ1n) is 10.1. The van der Waals surface area contributed by atoms with Crippen molar-refractivity contribution in [1.82, 2.24) is 15.2 Å². The molecule has 1 aromatic carbocycles. The van der Waals surface area contributed by atoms with E-state index in [0.29, 0.717) is 23.3 Å². The van der Waals surface area contributed by atoms with Gasteiger partial charge in [0, 0.05) is 18.1 Å². The maximum atomic E-state index is 14.6. The van der Waals surface area contributed by atoms with Crippen LogP contribution in [-0.4, -0.2) is 40.8 Å². The fourth-order valence-corrected chi connectivity index (χ4v) is 4.50. The van der Waals surface area contributed by atoms with Crippen molar-refractivity contribution >= 4 is 16.8 Å². The number of halogens is 1. The van der Waals surface area contributed by atoms with Crippen molar-refractivity contribution in [1.29, 1.82) is 0 Å². The number of carbonyl (C=O) groups excluding carboxylic acids is 1. The molecule has 2 aliphatic rings. The molecule has 27 heavy (non-hydrogen) atoms. The molecule has 1 aliphatic heterocycles. The van der Waals surface area contributed by atoms with E-state index in [1.807, 2.05) is 10.6 Å². The van der Waals surface area contributed by atoms with E-state index in [-0.39, 0.29) is 17.8 Å². The van der Waals surface area contributed by atoms with E-state index in [1.165, 1.54) is 6.07 Å². The topological polar surface area (TPSA) is 66.3 Å². The maximum absolute atomic E-state index is 14.6. The number of fused-ring (bicyclic) bond motifs is 1. The molecule has 2 atom stereocenters. The van der Waals surface area contributed by atoms with Crippen LogP contribution in [0.1, 0.15) is 48.9 Å². The van der Waals surface area contributed by atoms with Gasteiger partial charge in [-0.15, -0.1) is 0 Å². The van der Waals surface area contributed by atoms with Crippen LogP contribution in [0.4, 0.5) is 4.39 Å². The molecule has 2 fully saturated rings. The third-order valence-corrected chi connectivity index (χ3v) is 6.06. The number of carbonyl (C=O) groups is 1. The molecular weight excluding hydrogens is 345 g/mol. The van der Waals surface area contributed by atoms with E-state index in [1.54, 1.807) is 12.3 Å². The predicted octanol–water partition coefficient (Wildman–Crippen LogP) is 2.81. The molecule has 0 spiro atoms. The molecule has 146 valence electrons. The Morgan fingerprint density at radius 2 is 2.00 bits per heavy atom. The van der Waals surface area contributed by atoms with Crippen molar-refractivity contribution in [2.45, 2.75) is 57.2 Å². The number of aromatic nitrogens is 1. The van der Waals surface area contributed by atoms with Gasteiger partial charge in [-0.1, -0.05) is 18.9 Å². The lowest BCUT2D eigenvalue weighted by Gasteiger charge is -2.28. The molecule has 0 bridgehead atoms. The van der Waals surface area contributed by atoms with E-state index in [4.69, 9.17) is 0 Å². The predicted molar refractivity (Wildman–Crippen MR) is 103 cm³/mol. The molecule has 0 radical (unpaired) electrons. The van der Waals surface area contributed by atoms with Gasteiger partial charge in [0.1, 0.15) is 5.82 Å². The Kier molecular flexibility index (Phi) is 5.45. The summed E-state index contributed by atoms with van der Waals surface area (Å²) in [6.07, 6.45) is 6.90. The van der Waals surface area contributed by atoms with Crippen molar-refractivity contribution in [3.8, 4) is 0 Å². The lowest BCUT2D eigenvalue weighted by atomic mass is 9.92. The van der Waals surface area contributed by atoms with Gasteiger partial charge in [-0.3, -0.25) is 4.79 Å². The second-order valence-electron chi connectivity index (χ2n) is 7.95. The van der Waals surface area contributed by atoms with E-state index in [9.17, 15) is 14.3 Å². The molecule has 3 N–H and O–H groups in total. The Balaban J connectivity index is 1.62. The van der Waals surface area contributed by atoms with Crippen molar-refractivity contribution in [2.75, 3.05) is 13.1 Å². The van der Waals surface area contributed by atoms with Gasteiger partial charge in [0.25, 0.3) is 5.91 Å². The summed E-state index contributed by atoms with van der Waals surface area (Å²) in [5.74, 6) is -0.132. The average Bonchev–Trinajstić information content (AvgIpc) is 3.04. The summed E-state index contributed by atoms with van der Waals surface area (Å²) < 4.78 is 16.6. The number of hydrogen-bond donors (Lipinski definition) is 3. The number of aliphatic hydroxyl groups is 1. The molecule has 1 amide bonds. The minimum absolute atomic E-state index is 0.249. The minimum Gasteiger partial charge on any atom is -0.391 e. The summed E-state index contributed by atoms with van der Waals surface area (Å²) in [5, 5.41) is 16.8. The fourth-order valence-electron chi connectivity index (χ4n) is 4.50. The number of aliphatic hydroxyl groups excluding tert-OH is 1. The van der Waals surface area contributed by atoms with Gasteiger partial charge in [0.2, 0.25) is 0 Å². The van der Waals surface area contributed by atoms with Crippen LogP contribution in [-0.2, 0) is 6.54 Å². The zero-order valence-corrected chi connectivity index (χ0v) is 15.6. The summed E-state index contributed by atoms with van der Waals surface area (Å²) in [6, 6.07) is 4.74. The van der Waals surface area contributed by atoms with Crippen LogP contribution in [0, 0.1) is 11.7 Å². The number of nitrogens with one attached hydrogen (secondary N) is 2. The zero-order chi connectivity index (χ0) is 18.8. The molecule has 5 nitrogen and oxygen atoms in total. The quantitative estimate of drug-likeness (QED) is 0.772. The van der Waals surface area contributed by atoms with Crippen molar-refractivity contribution in [3.05, 3.63) is 35.8 Å². The number of nitrogens with zero attached hydrogens (tertiary/aromatic N) is 1. The van der Waals surface area contributed by atoms with Crippen molar-refractivity contribution in [3.63, 3.8) is 0 Å². The summed E-state index contributed by atoms with van der Waals surface area (Å²) in [6.45, 7) is 2.80. The van der Waals surface area contributed by atoms with E-state index < -0.39 is 6.10 Å². The van der Waals surface area contributed by atoms with Crippen LogP contribution in [0.5, 0.6) is 0 Å². The van der Waals surface area contributed by atoms with Gasteiger partial charge in [-0.05, 0) is 56.8 Å². The standard InChI is InChI=1S/C21H28FN3O2/c22-16-4-3-6-18-20(16)15(13-25(18)12-14-8-10-23-11-9-14)21(27)24-17-5-1-2-7-19(17)26/h3-4,6,13-14,17,19,23,26H,1-2,5,7-12H2,(H,24,27)/t17-,19-/m0/s1. The monoisotopic (exact) mass is 373 g/mol. The maximum Gasteiger partial charge on any atom is 0.253 e. The van der Waals surface area contributed by atoms with E-state index in [0.717, 1.165) is 57.3 Å². The van der Waals surface area contributed by atoms with Crippen LogP contribution < -0.4 is 10.6 Å². The molecule has 6 heteroatoms. The Labute approximate surface area is 158 Å². The van der Waals surface area contributed by atoms with Crippen LogP contribution in [0.25, 0.3) is 10.9 Å². The van der Waals surface area contributed by atoms with Gasteiger partial charge in [-0.25, -0.2) is 4.39 Å². The molecule has 1 aromatic heterocycles. The smallest absolute Gasteiger partial charge is 0.253 e. The van der Waals surface area contributed by atoms with Gasteiger partial charge in [0.05, 0.1) is 23.2 Å². The number of hydrogen-bond acceptors (Lipinski definition) is 3. The number of rotatable bonds is 4. The van der Waals surface area contributed by atoms with Gasteiger partial charge in [0.15, 0.2) is 0 Å². The highest BCUT2D eigenvalue weighted by atomic mass is 19.1. The van der Waals surface area contributed by atoms with Gasteiger partial charge in [-0.2, -0.15) is 0 Å². The summed E-state index contributed by atoms with van der Waals surface area (Å²) in [4.78, 5) is 12.9. The highest BCUT2D eigenvalue weighted by Crippen LogP contribution is 2.27. The first-order valence-corrected chi connectivity index (χ1v) is 10.1. The van der Waals surface area contributed by atoms with Gasteiger partial charge < -0.3 is 20.3 Å². The summed E-state index contributed by atoms with van der Waals surface area (Å²) in [5.41, 5.74) is 1.14. The first-order chi connectivity index (χ1) is 13.1. The first kappa shape index (κ1) is 18.4. The molecule has 4 rings (SSSR count). The second kappa shape index (κ2) is 7.98. The highest BCUT2D eigenvalue weighted by Gasteiger charge is 2.27. The van der Waals surface area contributed by atoms with Crippen LogP contribution in [0.2, 0.25) is 0 Å². The van der Waals surface area contributed by atoms with E-state index >= 15 is 0 Å². The van der Waals surface area contributed by atoms with E-state index in [2.05, 4.69) is 10.6 Å². The summed E-state index contributed by atoms with van der Waals surface area (Å²) >= 11 is 0. The third-order valence-electron chi connectivity index (χ3n) is 6.06. The van der Waals surface area contributed by atoms with Crippen molar-refractivity contribution < 1.29 is 14.3 Å². The second-order valence-corrected chi connectivity index (χ2v) is 7.95. The fraction of sp³-hybridized carbons (Fsp3) is 0.571. The SMILES string of the molecule is O=C(N[C@H]1CCCC[C@@H]1O)c1cn(CC2CCNCC2)c2cccc(F)c12. The molecular formula is C21H28FN3O2. The Bertz CT molecular complexity index is 813. The molecule has 1 saturated heterocycles. The van der Waals surface area contributed by atoms with Crippen LogP contribution >= 0.6 is 0 Å². The Hall–Kier alpha value is -1.92. The lowest BCUT2D eigenvalue weighted by molar-refractivity contribution is 0.0718. The number of benzene rings is 1. The molecule has 1 aliphatic carbocycles. The molecule has 0 unspecified atom stereocenters. The number of piperidine rings is 1. The average molecular weight is 373 g/mol. The molecule has 2 heterocycles.